The molecule has 0 aliphatic rings. The van der Waals surface area contributed by atoms with Gasteiger partial charge in [-0.2, -0.15) is 0 Å². The van der Waals surface area contributed by atoms with E-state index in [1.165, 1.54) is 10.3 Å². The van der Waals surface area contributed by atoms with Crippen molar-refractivity contribution in [2.75, 3.05) is 13.2 Å². The summed E-state index contributed by atoms with van der Waals surface area (Å²) in [5.41, 5.74) is 2.20. The molecule has 0 bridgehead atoms. The molecule has 1 aromatic heterocycles. The number of hydrogen-bond acceptors (Lipinski definition) is 4. The Bertz CT molecular complexity index is 779. The van der Waals surface area contributed by atoms with Crippen molar-refractivity contribution in [3.05, 3.63) is 59.1 Å². The number of nitrogens with one attached hydrogen (secondary N) is 1. The molecular formula is C19H20N2O2S. The Kier molecular flexibility index (Phi) is 5.43. The standard InChI is InChI=1S/C19H20N2O2S/c1-14-6-8-15(9-7-14)23-13-12-20-18(22)10-11-19-21-16-4-2-3-5-17(16)24-19/h2-9H,10-13H2,1H3,(H,20,22). The molecule has 3 aromatic rings. The Morgan fingerprint density at radius 1 is 1.17 bits per heavy atom. The molecule has 5 heteroatoms. The summed E-state index contributed by atoms with van der Waals surface area (Å²) >= 11 is 1.65. The number of fused-ring (bicyclic) bond motifs is 1. The molecule has 0 aliphatic heterocycles. The molecule has 0 saturated heterocycles. The van der Waals surface area contributed by atoms with Gasteiger partial charge in [-0.05, 0) is 31.2 Å². The Morgan fingerprint density at radius 2 is 1.96 bits per heavy atom. The van der Waals surface area contributed by atoms with Crippen LogP contribution in [0.1, 0.15) is 17.0 Å². The largest absolute Gasteiger partial charge is 0.492 e. The molecule has 0 atom stereocenters. The summed E-state index contributed by atoms with van der Waals surface area (Å²) in [5.74, 6) is 0.853. The fraction of sp³-hybridized carbons (Fsp3) is 0.263. The summed E-state index contributed by atoms with van der Waals surface area (Å²) < 4.78 is 6.76. The summed E-state index contributed by atoms with van der Waals surface area (Å²) in [6.45, 7) is 3.01. The van der Waals surface area contributed by atoms with E-state index in [-0.39, 0.29) is 5.91 Å². The molecule has 1 heterocycles. The van der Waals surface area contributed by atoms with Crippen LogP contribution in [0.25, 0.3) is 10.2 Å². The predicted molar refractivity (Wildman–Crippen MR) is 97.6 cm³/mol. The number of rotatable bonds is 7. The van der Waals surface area contributed by atoms with Gasteiger partial charge >= 0.3 is 0 Å². The van der Waals surface area contributed by atoms with Crippen LogP contribution in [-0.2, 0) is 11.2 Å². The van der Waals surface area contributed by atoms with Gasteiger partial charge < -0.3 is 10.1 Å². The van der Waals surface area contributed by atoms with Gasteiger partial charge in [0.25, 0.3) is 0 Å². The Morgan fingerprint density at radius 3 is 2.75 bits per heavy atom. The van der Waals surface area contributed by atoms with Crippen molar-refractivity contribution in [2.24, 2.45) is 0 Å². The number of aryl methyl sites for hydroxylation is 2. The highest BCUT2D eigenvalue weighted by molar-refractivity contribution is 7.18. The van der Waals surface area contributed by atoms with Crippen molar-refractivity contribution in [1.29, 1.82) is 0 Å². The zero-order chi connectivity index (χ0) is 16.8. The lowest BCUT2D eigenvalue weighted by Gasteiger charge is -2.07. The first-order valence-electron chi connectivity index (χ1n) is 8.01. The van der Waals surface area contributed by atoms with E-state index < -0.39 is 0 Å². The SMILES string of the molecule is Cc1ccc(OCCNC(=O)CCc2nc3ccccc3s2)cc1. The molecule has 3 rings (SSSR count). The number of carbonyl (C=O) groups excluding carboxylic acids is 1. The molecule has 1 amide bonds. The first-order valence-corrected chi connectivity index (χ1v) is 8.83. The van der Waals surface area contributed by atoms with Crippen molar-refractivity contribution in [1.82, 2.24) is 10.3 Å². The zero-order valence-electron chi connectivity index (χ0n) is 13.6. The molecule has 24 heavy (non-hydrogen) atoms. The number of nitrogens with zero attached hydrogens (tertiary/aromatic N) is 1. The van der Waals surface area contributed by atoms with Crippen LogP contribution in [0, 0.1) is 6.92 Å². The fourth-order valence-electron chi connectivity index (χ4n) is 2.33. The lowest BCUT2D eigenvalue weighted by Crippen LogP contribution is -2.28. The van der Waals surface area contributed by atoms with Crippen LogP contribution < -0.4 is 10.1 Å². The van der Waals surface area contributed by atoms with E-state index in [0.29, 0.717) is 26.0 Å². The van der Waals surface area contributed by atoms with Crippen molar-refractivity contribution in [2.45, 2.75) is 19.8 Å². The van der Waals surface area contributed by atoms with Crippen LogP contribution in [0.4, 0.5) is 0 Å². The third-order valence-corrected chi connectivity index (χ3v) is 4.71. The number of thiazole rings is 1. The lowest BCUT2D eigenvalue weighted by atomic mass is 10.2. The van der Waals surface area contributed by atoms with Crippen molar-refractivity contribution in [3.8, 4) is 5.75 Å². The first-order chi connectivity index (χ1) is 11.7. The van der Waals surface area contributed by atoms with Crippen LogP contribution in [0.3, 0.4) is 0 Å². The van der Waals surface area contributed by atoms with E-state index in [1.807, 2.05) is 49.4 Å². The van der Waals surface area contributed by atoms with Gasteiger partial charge in [0.2, 0.25) is 5.91 Å². The molecule has 1 N–H and O–H groups in total. The van der Waals surface area contributed by atoms with E-state index in [9.17, 15) is 4.79 Å². The van der Waals surface area contributed by atoms with Crippen molar-refractivity contribution < 1.29 is 9.53 Å². The number of benzene rings is 2. The normalized spacial score (nSPS) is 10.7. The highest BCUT2D eigenvalue weighted by Gasteiger charge is 2.06. The second-order valence-electron chi connectivity index (χ2n) is 5.59. The van der Waals surface area contributed by atoms with Crippen molar-refractivity contribution >= 4 is 27.5 Å². The van der Waals surface area contributed by atoms with Gasteiger partial charge in [0.15, 0.2) is 0 Å². The molecule has 0 spiro atoms. The highest BCUT2D eigenvalue weighted by Crippen LogP contribution is 2.22. The van der Waals surface area contributed by atoms with Crippen molar-refractivity contribution in [3.63, 3.8) is 0 Å². The maximum absolute atomic E-state index is 11.9. The molecule has 124 valence electrons. The third-order valence-electron chi connectivity index (χ3n) is 3.62. The average molecular weight is 340 g/mol. The number of hydrogen-bond donors (Lipinski definition) is 1. The minimum absolute atomic E-state index is 0.0294. The summed E-state index contributed by atoms with van der Waals surface area (Å²) in [6.07, 6.45) is 1.12. The molecular weight excluding hydrogens is 320 g/mol. The van der Waals surface area contributed by atoms with Gasteiger partial charge in [0.1, 0.15) is 12.4 Å². The van der Waals surface area contributed by atoms with E-state index in [1.54, 1.807) is 11.3 Å². The van der Waals surface area contributed by atoms with Crippen LogP contribution >= 0.6 is 11.3 Å². The number of aromatic nitrogens is 1. The van der Waals surface area contributed by atoms with Gasteiger partial charge in [0.05, 0.1) is 21.8 Å². The Hall–Kier alpha value is -2.40. The van der Waals surface area contributed by atoms with E-state index in [0.717, 1.165) is 16.3 Å². The summed E-state index contributed by atoms with van der Waals surface area (Å²) in [4.78, 5) is 16.4. The minimum atomic E-state index is 0.0294. The molecule has 2 aromatic carbocycles. The second kappa shape index (κ2) is 7.93. The van der Waals surface area contributed by atoms with Crippen LogP contribution in [0.2, 0.25) is 0 Å². The average Bonchev–Trinajstić information content (AvgIpc) is 3.01. The summed E-state index contributed by atoms with van der Waals surface area (Å²) in [7, 11) is 0. The number of ether oxygens (including phenoxy) is 1. The maximum atomic E-state index is 11.9. The maximum Gasteiger partial charge on any atom is 0.220 e. The third kappa shape index (κ3) is 4.55. The first kappa shape index (κ1) is 16.5. The monoisotopic (exact) mass is 340 g/mol. The quantitative estimate of drug-likeness (QED) is 0.667. The molecule has 0 unspecified atom stereocenters. The van der Waals surface area contributed by atoms with E-state index in [4.69, 9.17) is 4.74 Å². The molecule has 0 fully saturated rings. The van der Waals surface area contributed by atoms with Gasteiger partial charge in [-0.15, -0.1) is 11.3 Å². The smallest absolute Gasteiger partial charge is 0.220 e. The summed E-state index contributed by atoms with van der Waals surface area (Å²) in [5, 5.41) is 3.88. The second-order valence-corrected chi connectivity index (χ2v) is 6.70. The molecule has 4 nitrogen and oxygen atoms in total. The van der Waals surface area contributed by atoms with Gasteiger partial charge in [-0.3, -0.25) is 4.79 Å². The minimum Gasteiger partial charge on any atom is -0.492 e. The van der Waals surface area contributed by atoms with Gasteiger partial charge in [-0.1, -0.05) is 29.8 Å². The van der Waals surface area contributed by atoms with E-state index >= 15 is 0 Å². The topological polar surface area (TPSA) is 51.2 Å². The van der Waals surface area contributed by atoms with Crippen LogP contribution in [-0.4, -0.2) is 24.0 Å². The number of para-hydroxylation sites is 1. The molecule has 0 radical (unpaired) electrons. The lowest BCUT2D eigenvalue weighted by molar-refractivity contribution is -0.121. The van der Waals surface area contributed by atoms with E-state index in [2.05, 4.69) is 16.4 Å². The van der Waals surface area contributed by atoms with Crippen LogP contribution in [0.15, 0.2) is 48.5 Å². The number of amides is 1. The van der Waals surface area contributed by atoms with Gasteiger partial charge in [-0.25, -0.2) is 4.98 Å². The Labute approximate surface area is 145 Å². The Balaban J connectivity index is 1.37. The highest BCUT2D eigenvalue weighted by atomic mass is 32.1. The molecule has 0 aliphatic carbocycles. The number of carbonyl (C=O) groups is 1. The molecule has 0 saturated carbocycles. The van der Waals surface area contributed by atoms with Crippen LogP contribution in [0.5, 0.6) is 5.75 Å². The summed E-state index contributed by atoms with van der Waals surface area (Å²) in [6, 6.07) is 15.9. The fourth-order valence-corrected chi connectivity index (χ4v) is 3.30. The predicted octanol–water partition coefficient (Wildman–Crippen LogP) is 3.73. The zero-order valence-corrected chi connectivity index (χ0v) is 14.4. The van der Waals surface area contributed by atoms with Gasteiger partial charge in [0, 0.05) is 12.8 Å².